The fourth-order valence-electron chi connectivity index (χ4n) is 3.56. The topological polar surface area (TPSA) is 92.4 Å². The van der Waals surface area contributed by atoms with Gasteiger partial charge in [0.2, 0.25) is 5.91 Å². The van der Waals surface area contributed by atoms with Crippen LogP contribution in [0.4, 0.5) is 0 Å². The van der Waals surface area contributed by atoms with Gasteiger partial charge in [0.1, 0.15) is 5.54 Å². The van der Waals surface area contributed by atoms with Crippen molar-refractivity contribution in [3.8, 4) is 0 Å². The second-order valence-corrected chi connectivity index (χ2v) is 6.50. The van der Waals surface area contributed by atoms with Crippen LogP contribution in [0.2, 0.25) is 0 Å². The third-order valence-corrected chi connectivity index (χ3v) is 5.15. The fourth-order valence-corrected chi connectivity index (χ4v) is 3.56. The molecule has 0 saturated heterocycles. The Morgan fingerprint density at radius 2 is 1.90 bits per heavy atom. The first-order valence-electron chi connectivity index (χ1n) is 7.78. The Hall–Kier alpha value is -1.10. The number of nitrogens with two attached hydrogens (primary N) is 1. The first-order chi connectivity index (χ1) is 9.47. The number of carboxylic acids is 1. The predicted octanol–water partition coefficient (Wildman–Crippen LogP) is 1.65. The first-order valence-corrected chi connectivity index (χ1v) is 7.78. The van der Waals surface area contributed by atoms with Crippen LogP contribution >= 0.6 is 0 Å². The largest absolute Gasteiger partial charge is 0.480 e. The van der Waals surface area contributed by atoms with E-state index in [1.165, 1.54) is 0 Å². The van der Waals surface area contributed by atoms with Crippen molar-refractivity contribution in [2.45, 2.75) is 69.9 Å². The molecule has 0 spiro atoms. The summed E-state index contributed by atoms with van der Waals surface area (Å²) >= 11 is 0. The van der Waals surface area contributed by atoms with Gasteiger partial charge in [0.25, 0.3) is 0 Å². The molecule has 4 N–H and O–H groups in total. The molecular weight excluding hydrogens is 256 g/mol. The number of hydrogen-bond donors (Lipinski definition) is 3. The molecule has 2 aliphatic carbocycles. The van der Waals surface area contributed by atoms with E-state index in [0.29, 0.717) is 25.2 Å². The minimum absolute atomic E-state index is 0.0855. The molecule has 0 aromatic rings. The van der Waals surface area contributed by atoms with Crippen LogP contribution in [0.25, 0.3) is 0 Å². The standard InChI is InChI=1S/C15H26N2O3/c1-2-10-5-7-15(8-6-10,14(19)20)17-13(18)11-3-4-12(16)9-11/h10-12H,2-9,16H2,1H3,(H,17,18)(H,19,20). The molecule has 2 aliphatic rings. The van der Waals surface area contributed by atoms with Crippen LogP contribution in [0.1, 0.15) is 58.3 Å². The Labute approximate surface area is 120 Å². The Morgan fingerprint density at radius 1 is 1.25 bits per heavy atom. The van der Waals surface area contributed by atoms with Gasteiger partial charge in [-0.05, 0) is 50.9 Å². The lowest BCUT2D eigenvalue weighted by molar-refractivity contribution is -0.150. The van der Waals surface area contributed by atoms with Crippen molar-refractivity contribution in [2.24, 2.45) is 17.6 Å². The van der Waals surface area contributed by atoms with E-state index in [0.717, 1.165) is 32.1 Å². The molecule has 5 heteroatoms. The monoisotopic (exact) mass is 282 g/mol. The summed E-state index contributed by atoms with van der Waals surface area (Å²) in [7, 11) is 0. The zero-order valence-corrected chi connectivity index (χ0v) is 12.2. The number of amides is 1. The molecule has 5 nitrogen and oxygen atoms in total. The number of nitrogens with one attached hydrogen (secondary N) is 1. The summed E-state index contributed by atoms with van der Waals surface area (Å²) in [6.45, 7) is 2.14. The first kappa shape index (κ1) is 15.3. The molecule has 20 heavy (non-hydrogen) atoms. The highest BCUT2D eigenvalue weighted by Crippen LogP contribution is 2.35. The number of rotatable bonds is 4. The van der Waals surface area contributed by atoms with Gasteiger partial charge in [-0.15, -0.1) is 0 Å². The summed E-state index contributed by atoms with van der Waals surface area (Å²) in [4.78, 5) is 23.9. The minimum atomic E-state index is -1.05. The van der Waals surface area contributed by atoms with Crippen LogP contribution in [0.15, 0.2) is 0 Å². The van der Waals surface area contributed by atoms with E-state index in [2.05, 4.69) is 12.2 Å². The van der Waals surface area contributed by atoms with Crippen molar-refractivity contribution < 1.29 is 14.7 Å². The van der Waals surface area contributed by atoms with E-state index in [9.17, 15) is 14.7 Å². The zero-order valence-electron chi connectivity index (χ0n) is 12.2. The van der Waals surface area contributed by atoms with Crippen LogP contribution < -0.4 is 11.1 Å². The maximum absolute atomic E-state index is 12.3. The summed E-state index contributed by atoms with van der Waals surface area (Å²) in [6, 6.07) is 0.0855. The number of aliphatic carboxylic acids is 1. The Kier molecular flexibility index (Phi) is 4.68. The minimum Gasteiger partial charge on any atom is -0.480 e. The van der Waals surface area contributed by atoms with Crippen LogP contribution in [0.5, 0.6) is 0 Å². The number of carboxylic acid groups (broad SMARTS) is 1. The van der Waals surface area contributed by atoms with Crippen LogP contribution in [0, 0.1) is 11.8 Å². The van der Waals surface area contributed by atoms with Crippen LogP contribution in [0.3, 0.4) is 0 Å². The highest BCUT2D eigenvalue weighted by atomic mass is 16.4. The molecule has 2 fully saturated rings. The summed E-state index contributed by atoms with van der Waals surface area (Å²) < 4.78 is 0. The van der Waals surface area contributed by atoms with Gasteiger partial charge in [0, 0.05) is 12.0 Å². The second kappa shape index (κ2) is 6.12. The van der Waals surface area contributed by atoms with Crippen molar-refractivity contribution in [3.05, 3.63) is 0 Å². The van der Waals surface area contributed by atoms with E-state index in [4.69, 9.17) is 5.73 Å². The molecule has 114 valence electrons. The highest BCUT2D eigenvalue weighted by Gasteiger charge is 2.44. The third kappa shape index (κ3) is 3.14. The average Bonchev–Trinajstić information content (AvgIpc) is 2.86. The van der Waals surface area contributed by atoms with Crippen molar-refractivity contribution in [1.29, 1.82) is 0 Å². The van der Waals surface area contributed by atoms with Crippen molar-refractivity contribution >= 4 is 11.9 Å². The van der Waals surface area contributed by atoms with Gasteiger partial charge in [-0.25, -0.2) is 4.79 Å². The van der Waals surface area contributed by atoms with Gasteiger partial charge in [-0.1, -0.05) is 13.3 Å². The van der Waals surface area contributed by atoms with Gasteiger partial charge in [0.15, 0.2) is 0 Å². The molecule has 0 heterocycles. The number of carbonyl (C=O) groups excluding carboxylic acids is 1. The van der Waals surface area contributed by atoms with Gasteiger partial charge in [-0.3, -0.25) is 4.79 Å². The molecule has 2 atom stereocenters. The van der Waals surface area contributed by atoms with Gasteiger partial charge in [-0.2, -0.15) is 0 Å². The maximum atomic E-state index is 12.3. The molecule has 1 amide bonds. The van der Waals surface area contributed by atoms with Gasteiger partial charge < -0.3 is 16.2 Å². The van der Waals surface area contributed by atoms with Crippen LogP contribution in [-0.4, -0.2) is 28.6 Å². The lowest BCUT2D eigenvalue weighted by Gasteiger charge is -2.37. The van der Waals surface area contributed by atoms with Gasteiger partial charge >= 0.3 is 5.97 Å². The van der Waals surface area contributed by atoms with Crippen LogP contribution in [-0.2, 0) is 9.59 Å². The molecule has 0 aliphatic heterocycles. The molecular formula is C15H26N2O3. The number of hydrogen-bond acceptors (Lipinski definition) is 3. The molecule has 0 radical (unpaired) electrons. The van der Waals surface area contributed by atoms with Crippen molar-refractivity contribution in [2.75, 3.05) is 0 Å². The summed E-state index contributed by atoms with van der Waals surface area (Å²) in [5.41, 5.74) is 4.78. The van der Waals surface area contributed by atoms with E-state index in [-0.39, 0.29) is 17.9 Å². The summed E-state index contributed by atoms with van der Waals surface area (Å²) in [5.74, 6) is -0.512. The molecule has 2 unspecified atom stereocenters. The molecule has 2 rings (SSSR count). The fraction of sp³-hybridized carbons (Fsp3) is 0.867. The average molecular weight is 282 g/mol. The summed E-state index contributed by atoms with van der Waals surface area (Å²) in [6.07, 6.45) is 6.26. The Balaban J connectivity index is 1.99. The molecule has 0 bridgehead atoms. The highest BCUT2D eigenvalue weighted by molar-refractivity contribution is 5.88. The number of carbonyl (C=O) groups is 2. The predicted molar refractivity (Wildman–Crippen MR) is 76.1 cm³/mol. The van der Waals surface area contributed by atoms with E-state index in [1.54, 1.807) is 0 Å². The van der Waals surface area contributed by atoms with E-state index in [1.807, 2.05) is 0 Å². The smallest absolute Gasteiger partial charge is 0.329 e. The lowest BCUT2D eigenvalue weighted by atomic mass is 9.75. The quantitative estimate of drug-likeness (QED) is 0.731. The maximum Gasteiger partial charge on any atom is 0.329 e. The lowest BCUT2D eigenvalue weighted by Crippen LogP contribution is -2.57. The zero-order chi connectivity index (χ0) is 14.8. The SMILES string of the molecule is CCC1CCC(NC(=O)C2CCC(N)C2)(C(=O)O)CC1. The van der Waals surface area contributed by atoms with Crippen molar-refractivity contribution in [3.63, 3.8) is 0 Å². The van der Waals surface area contributed by atoms with E-state index >= 15 is 0 Å². The Bertz CT molecular complexity index is 375. The normalized spacial score (nSPS) is 37.6. The third-order valence-electron chi connectivity index (χ3n) is 5.15. The summed E-state index contributed by atoms with van der Waals surface area (Å²) in [5, 5.41) is 12.4. The molecule has 2 saturated carbocycles. The molecule has 0 aromatic heterocycles. The van der Waals surface area contributed by atoms with Crippen molar-refractivity contribution in [1.82, 2.24) is 5.32 Å². The van der Waals surface area contributed by atoms with Gasteiger partial charge in [0.05, 0.1) is 0 Å². The Morgan fingerprint density at radius 3 is 2.35 bits per heavy atom. The van der Waals surface area contributed by atoms with E-state index < -0.39 is 11.5 Å². The molecule has 0 aromatic carbocycles. The second-order valence-electron chi connectivity index (χ2n) is 6.50.